The van der Waals surface area contributed by atoms with Gasteiger partial charge in [0.1, 0.15) is 29.9 Å². The monoisotopic (exact) mass is 484 g/mol. The molecule has 1 aliphatic carbocycles. The number of nitrogens with one attached hydrogen (secondary N) is 2. The van der Waals surface area contributed by atoms with Gasteiger partial charge in [0.25, 0.3) is 0 Å². The Bertz CT molecular complexity index is 1430. The topological polar surface area (TPSA) is 96.3 Å². The first kappa shape index (κ1) is 22.5. The van der Waals surface area contributed by atoms with E-state index in [4.69, 9.17) is 21.1 Å². The molecule has 0 radical (unpaired) electrons. The van der Waals surface area contributed by atoms with Gasteiger partial charge in [-0.25, -0.2) is 4.79 Å². The average Bonchev–Trinajstić information content (AvgIpc) is 3.68. The number of fused-ring (bicyclic) bond motifs is 1. The Labute approximate surface area is 207 Å². The zero-order chi connectivity index (χ0) is 24.2. The Morgan fingerprint density at radius 3 is 2.66 bits per heavy atom. The van der Waals surface area contributed by atoms with Gasteiger partial charge in [0.15, 0.2) is 0 Å². The standard InChI is InChI=1S/C27H21ClN4O3/c28-22-13-20(8-9-23(22)32-27(33)31-19-6-7-19)35-25-10-11-30-24-14-26(18(15-29)12-21(24)25)34-16-17-4-2-1-3-5-17/h1-5,8-14,19H,6-7,16H2,(H2,31,32,33). The third-order valence-electron chi connectivity index (χ3n) is 5.49. The van der Waals surface area contributed by atoms with Crippen molar-refractivity contribution in [2.75, 3.05) is 5.32 Å². The summed E-state index contributed by atoms with van der Waals surface area (Å²) in [5.41, 5.74) is 2.50. The van der Waals surface area contributed by atoms with Crippen LogP contribution in [0.2, 0.25) is 5.02 Å². The number of nitrogens with zero attached hydrogens (tertiary/aromatic N) is 2. The van der Waals surface area contributed by atoms with Crippen LogP contribution in [0, 0.1) is 11.3 Å². The zero-order valence-corrected chi connectivity index (χ0v) is 19.4. The first-order valence-corrected chi connectivity index (χ1v) is 11.5. The number of benzene rings is 3. The number of ether oxygens (including phenoxy) is 2. The largest absolute Gasteiger partial charge is 0.487 e. The van der Waals surface area contributed by atoms with Crippen molar-refractivity contribution in [3.05, 3.63) is 89.1 Å². The Balaban J connectivity index is 1.36. The lowest BCUT2D eigenvalue weighted by molar-refractivity contribution is 0.251. The highest BCUT2D eigenvalue weighted by atomic mass is 35.5. The van der Waals surface area contributed by atoms with Gasteiger partial charge in [0, 0.05) is 29.8 Å². The molecule has 0 saturated heterocycles. The average molecular weight is 485 g/mol. The maximum absolute atomic E-state index is 12.0. The molecule has 8 heteroatoms. The molecule has 1 fully saturated rings. The number of aromatic nitrogens is 1. The molecule has 174 valence electrons. The maximum Gasteiger partial charge on any atom is 0.319 e. The highest BCUT2D eigenvalue weighted by Gasteiger charge is 2.23. The van der Waals surface area contributed by atoms with E-state index in [-0.39, 0.29) is 12.1 Å². The van der Waals surface area contributed by atoms with Gasteiger partial charge in [0.2, 0.25) is 0 Å². The molecule has 0 spiro atoms. The van der Waals surface area contributed by atoms with Crippen LogP contribution < -0.4 is 20.1 Å². The summed E-state index contributed by atoms with van der Waals surface area (Å²) >= 11 is 6.37. The Morgan fingerprint density at radius 2 is 1.91 bits per heavy atom. The van der Waals surface area contributed by atoms with Crippen LogP contribution in [0.4, 0.5) is 10.5 Å². The van der Waals surface area contributed by atoms with Gasteiger partial charge >= 0.3 is 6.03 Å². The summed E-state index contributed by atoms with van der Waals surface area (Å²) in [6.45, 7) is 0.342. The second-order valence-corrected chi connectivity index (χ2v) is 8.58. The Kier molecular flexibility index (Phi) is 6.38. The number of nitriles is 1. The van der Waals surface area contributed by atoms with Crippen LogP contribution in [0.3, 0.4) is 0 Å². The molecule has 5 rings (SSSR count). The van der Waals surface area contributed by atoms with Gasteiger partial charge in [-0.05, 0) is 42.7 Å². The van der Waals surface area contributed by atoms with Crippen LogP contribution >= 0.6 is 11.6 Å². The second kappa shape index (κ2) is 9.92. The molecule has 0 unspecified atom stereocenters. The summed E-state index contributed by atoms with van der Waals surface area (Å²) in [6.07, 6.45) is 3.63. The first-order chi connectivity index (χ1) is 17.1. The van der Waals surface area contributed by atoms with Gasteiger partial charge in [-0.3, -0.25) is 4.98 Å². The summed E-state index contributed by atoms with van der Waals surface area (Å²) in [4.78, 5) is 16.4. The summed E-state index contributed by atoms with van der Waals surface area (Å²) in [6, 6.07) is 22.1. The maximum atomic E-state index is 12.0. The molecule has 4 aromatic rings. The van der Waals surface area contributed by atoms with Crippen LogP contribution in [0.1, 0.15) is 24.0 Å². The highest BCUT2D eigenvalue weighted by molar-refractivity contribution is 6.33. The van der Waals surface area contributed by atoms with Crippen molar-refractivity contribution in [1.29, 1.82) is 5.26 Å². The molecule has 3 aromatic carbocycles. The first-order valence-electron chi connectivity index (χ1n) is 11.1. The van der Waals surface area contributed by atoms with Crippen LogP contribution in [0.15, 0.2) is 72.9 Å². The van der Waals surface area contributed by atoms with E-state index in [1.54, 1.807) is 42.6 Å². The van der Waals surface area contributed by atoms with E-state index in [9.17, 15) is 10.1 Å². The van der Waals surface area contributed by atoms with Crippen molar-refractivity contribution in [2.24, 2.45) is 0 Å². The van der Waals surface area contributed by atoms with Crippen LogP contribution in [-0.4, -0.2) is 17.1 Å². The normalized spacial score (nSPS) is 12.6. The Hall–Kier alpha value is -4.28. The molecule has 35 heavy (non-hydrogen) atoms. The number of urea groups is 1. The molecule has 0 bridgehead atoms. The van der Waals surface area contributed by atoms with Crippen LogP contribution in [-0.2, 0) is 6.61 Å². The lowest BCUT2D eigenvalue weighted by atomic mass is 10.1. The molecule has 0 aliphatic heterocycles. The van der Waals surface area contributed by atoms with Crippen molar-refractivity contribution in [1.82, 2.24) is 10.3 Å². The lowest BCUT2D eigenvalue weighted by Gasteiger charge is -2.13. The minimum atomic E-state index is -0.280. The number of carbonyl (C=O) groups is 1. The minimum Gasteiger partial charge on any atom is -0.487 e. The number of halogens is 1. The van der Waals surface area contributed by atoms with E-state index in [0.29, 0.717) is 51.0 Å². The van der Waals surface area contributed by atoms with Crippen molar-refractivity contribution in [3.8, 4) is 23.3 Å². The van der Waals surface area contributed by atoms with Gasteiger partial charge in [0.05, 0.1) is 21.8 Å². The predicted molar refractivity (Wildman–Crippen MR) is 134 cm³/mol. The molecule has 0 atom stereocenters. The van der Waals surface area contributed by atoms with Crippen molar-refractivity contribution in [2.45, 2.75) is 25.5 Å². The van der Waals surface area contributed by atoms with Gasteiger partial charge < -0.3 is 20.1 Å². The van der Waals surface area contributed by atoms with Gasteiger partial charge in [-0.2, -0.15) is 5.26 Å². The van der Waals surface area contributed by atoms with Crippen LogP contribution in [0.25, 0.3) is 10.9 Å². The third kappa shape index (κ3) is 5.45. The van der Waals surface area contributed by atoms with Gasteiger partial charge in [-0.1, -0.05) is 41.9 Å². The summed E-state index contributed by atoms with van der Waals surface area (Å²) in [5.74, 6) is 1.46. The number of amides is 2. The third-order valence-corrected chi connectivity index (χ3v) is 5.80. The number of pyridine rings is 1. The summed E-state index contributed by atoms with van der Waals surface area (Å²) in [7, 11) is 0. The van der Waals surface area contributed by atoms with Crippen LogP contribution in [0.5, 0.6) is 17.2 Å². The molecule has 1 saturated carbocycles. The minimum absolute atomic E-state index is 0.249. The highest BCUT2D eigenvalue weighted by Crippen LogP contribution is 2.35. The molecular formula is C27H21ClN4O3. The molecule has 1 aliphatic rings. The predicted octanol–water partition coefficient (Wildman–Crippen LogP) is 6.42. The Morgan fingerprint density at radius 1 is 1.09 bits per heavy atom. The van der Waals surface area contributed by atoms with Crippen molar-refractivity contribution in [3.63, 3.8) is 0 Å². The van der Waals surface area contributed by atoms with E-state index >= 15 is 0 Å². The molecule has 2 N–H and O–H groups in total. The fraction of sp³-hybridized carbons (Fsp3) is 0.148. The van der Waals surface area contributed by atoms with Gasteiger partial charge in [-0.15, -0.1) is 0 Å². The number of hydrogen-bond acceptors (Lipinski definition) is 5. The molecule has 1 aromatic heterocycles. The van der Waals surface area contributed by atoms with E-state index in [1.807, 2.05) is 30.3 Å². The summed E-state index contributed by atoms with van der Waals surface area (Å²) < 4.78 is 12.0. The van der Waals surface area contributed by atoms with Crippen molar-refractivity contribution < 1.29 is 14.3 Å². The lowest BCUT2D eigenvalue weighted by Crippen LogP contribution is -2.30. The zero-order valence-electron chi connectivity index (χ0n) is 18.6. The number of hydrogen-bond donors (Lipinski definition) is 2. The molecule has 2 amide bonds. The van der Waals surface area contributed by atoms with E-state index in [1.165, 1.54) is 0 Å². The summed E-state index contributed by atoms with van der Waals surface area (Å²) in [5, 5.41) is 16.3. The fourth-order valence-corrected chi connectivity index (χ4v) is 3.76. The fourth-order valence-electron chi connectivity index (χ4n) is 3.54. The second-order valence-electron chi connectivity index (χ2n) is 8.18. The number of rotatable bonds is 7. The van der Waals surface area contributed by atoms with E-state index in [2.05, 4.69) is 21.7 Å². The van der Waals surface area contributed by atoms with Crippen molar-refractivity contribution >= 4 is 34.2 Å². The number of anilines is 1. The smallest absolute Gasteiger partial charge is 0.319 e. The molecular weight excluding hydrogens is 464 g/mol. The number of carbonyl (C=O) groups excluding carboxylic acids is 1. The quantitative estimate of drug-likeness (QED) is 0.315. The molecule has 1 heterocycles. The SMILES string of the molecule is N#Cc1cc2c(Oc3ccc(NC(=O)NC4CC4)c(Cl)c3)ccnc2cc1OCc1ccccc1. The van der Waals surface area contributed by atoms with E-state index < -0.39 is 0 Å². The molecule has 7 nitrogen and oxygen atoms in total. The van der Waals surface area contributed by atoms with E-state index in [0.717, 1.165) is 18.4 Å².